The Morgan fingerprint density at radius 1 is 0.533 bits per heavy atom. The van der Waals surface area contributed by atoms with Gasteiger partial charge in [0.05, 0.1) is 11.0 Å². The zero-order valence-electron chi connectivity index (χ0n) is 38.5. The quantitative estimate of drug-likeness (QED) is 0.0401. The summed E-state index contributed by atoms with van der Waals surface area (Å²) in [6.07, 6.45) is 13.3. The summed E-state index contributed by atoms with van der Waals surface area (Å²) in [5.41, 5.74) is 7.20. The number of carbonyl (C=O) groups is 2. The third kappa shape index (κ3) is 16.0. The normalized spacial score (nSPS) is 12.6. The van der Waals surface area contributed by atoms with Crippen LogP contribution >= 0.6 is 0 Å². The van der Waals surface area contributed by atoms with Crippen molar-refractivity contribution in [3.63, 3.8) is 0 Å². The molecule has 0 radical (unpaired) electrons. The van der Waals surface area contributed by atoms with Gasteiger partial charge in [-0.25, -0.2) is 0 Å². The highest BCUT2D eigenvalue weighted by atomic mass is 16.2. The Bertz CT molecular complexity index is 1770. The zero-order valence-corrected chi connectivity index (χ0v) is 38.5. The van der Waals surface area contributed by atoms with E-state index in [0.717, 1.165) is 148 Å². The summed E-state index contributed by atoms with van der Waals surface area (Å²) in [6.45, 7) is 25.3. The summed E-state index contributed by atoms with van der Waals surface area (Å²) in [5, 5.41) is 15.7. The number of aryl methyl sites for hydroxylation is 2. The molecule has 4 aromatic rings. The van der Waals surface area contributed by atoms with E-state index in [2.05, 4.69) is 84.7 Å². The highest BCUT2D eigenvalue weighted by Crippen LogP contribution is 2.27. The maximum absolute atomic E-state index is 13.1. The molecule has 2 amide bonds. The average Bonchev–Trinajstić information content (AvgIpc) is 3.23. The highest BCUT2D eigenvalue weighted by Gasteiger charge is 2.14. The molecule has 0 spiro atoms. The van der Waals surface area contributed by atoms with E-state index in [0.29, 0.717) is 36.3 Å². The number of benzene rings is 2. The first-order valence-corrected chi connectivity index (χ1v) is 23.4. The van der Waals surface area contributed by atoms with Crippen LogP contribution in [0.1, 0.15) is 151 Å². The van der Waals surface area contributed by atoms with Gasteiger partial charge in [0.15, 0.2) is 0 Å². The molecule has 2 aromatic heterocycles. The van der Waals surface area contributed by atoms with Crippen molar-refractivity contribution in [1.82, 2.24) is 30.4 Å². The number of pyridine rings is 2. The molecule has 0 aliphatic rings. The van der Waals surface area contributed by atoms with Crippen LogP contribution in [0.4, 0.5) is 11.4 Å². The third-order valence-electron chi connectivity index (χ3n) is 11.9. The number of aromatic nitrogens is 2. The van der Waals surface area contributed by atoms with Gasteiger partial charge in [0.25, 0.3) is 11.8 Å². The molecule has 0 saturated heterocycles. The summed E-state index contributed by atoms with van der Waals surface area (Å²) >= 11 is 0. The van der Waals surface area contributed by atoms with Crippen LogP contribution in [0.15, 0.2) is 48.5 Å². The van der Waals surface area contributed by atoms with Crippen molar-refractivity contribution in [1.29, 1.82) is 0 Å². The van der Waals surface area contributed by atoms with Crippen LogP contribution < -0.4 is 21.3 Å². The molecule has 0 aliphatic heterocycles. The summed E-state index contributed by atoms with van der Waals surface area (Å²) < 4.78 is 0. The second kappa shape index (κ2) is 26.1. The van der Waals surface area contributed by atoms with Gasteiger partial charge < -0.3 is 31.1 Å². The molecule has 330 valence electrons. The van der Waals surface area contributed by atoms with Crippen LogP contribution in [0.5, 0.6) is 0 Å². The zero-order chi connectivity index (χ0) is 43.3. The number of nitrogens with zero attached hydrogens (tertiary/aromatic N) is 4. The molecule has 10 nitrogen and oxygen atoms in total. The number of unbranched alkanes of at least 4 members (excludes halogenated alkanes) is 7. The van der Waals surface area contributed by atoms with Crippen molar-refractivity contribution < 1.29 is 9.59 Å². The first-order chi connectivity index (χ1) is 29.0. The number of anilines is 2. The number of fused-ring (bicyclic) bond motifs is 2. The maximum atomic E-state index is 13.1. The predicted octanol–water partition coefficient (Wildman–Crippen LogP) is 10.5. The average molecular weight is 823 g/mol. The monoisotopic (exact) mass is 823 g/mol. The van der Waals surface area contributed by atoms with Crippen molar-refractivity contribution >= 4 is 45.0 Å². The fraction of sp³-hybridized carbons (Fsp3) is 0.600. The smallest absolute Gasteiger partial charge is 0.251 e. The number of hydrogen-bond acceptors (Lipinski definition) is 8. The Labute approximate surface area is 362 Å². The van der Waals surface area contributed by atoms with Crippen LogP contribution in [0.2, 0.25) is 0 Å². The first kappa shape index (κ1) is 48.4. The van der Waals surface area contributed by atoms with Crippen LogP contribution in [0.25, 0.3) is 21.8 Å². The second-order valence-corrected chi connectivity index (χ2v) is 16.9. The van der Waals surface area contributed by atoms with Crippen LogP contribution in [0, 0.1) is 13.8 Å². The molecular weight excluding hydrogens is 745 g/mol. The molecule has 0 aliphatic carbocycles. The van der Waals surface area contributed by atoms with E-state index >= 15 is 0 Å². The molecule has 2 aromatic carbocycles. The lowest BCUT2D eigenvalue weighted by Crippen LogP contribution is -2.25. The number of amides is 2. The topological polar surface area (TPSA) is 115 Å². The summed E-state index contributed by atoms with van der Waals surface area (Å²) in [6, 6.07) is 16.5. The van der Waals surface area contributed by atoms with Crippen molar-refractivity contribution in [3.05, 3.63) is 71.0 Å². The molecule has 0 saturated carbocycles. The molecule has 2 unspecified atom stereocenters. The minimum absolute atomic E-state index is 0.0285. The predicted molar refractivity (Wildman–Crippen MR) is 255 cm³/mol. The number of hydrogen-bond donors (Lipinski definition) is 4. The number of nitrogens with one attached hydrogen (secondary N) is 4. The van der Waals surface area contributed by atoms with Gasteiger partial charge in [0, 0.05) is 69.8 Å². The van der Waals surface area contributed by atoms with Gasteiger partial charge in [-0.05, 0) is 154 Å². The van der Waals surface area contributed by atoms with Gasteiger partial charge in [-0.15, -0.1) is 0 Å². The van der Waals surface area contributed by atoms with Gasteiger partial charge >= 0.3 is 0 Å². The number of carbonyl (C=O) groups excluding carboxylic acids is 2. The van der Waals surface area contributed by atoms with Crippen molar-refractivity contribution in [2.75, 3.05) is 63.0 Å². The van der Waals surface area contributed by atoms with Crippen molar-refractivity contribution in [2.45, 2.75) is 145 Å². The molecule has 0 fully saturated rings. The maximum Gasteiger partial charge on any atom is 0.251 e. The lowest BCUT2D eigenvalue weighted by Gasteiger charge is -2.21. The van der Waals surface area contributed by atoms with E-state index in [1.54, 1.807) is 0 Å². The third-order valence-corrected chi connectivity index (χ3v) is 11.9. The van der Waals surface area contributed by atoms with Crippen molar-refractivity contribution in [3.8, 4) is 0 Å². The molecule has 0 bridgehead atoms. The fourth-order valence-electron chi connectivity index (χ4n) is 8.15. The molecule has 2 atom stereocenters. The van der Waals surface area contributed by atoms with E-state index in [4.69, 9.17) is 9.97 Å². The van der Waals surface area contributed by atoms with Gasteiger partial charge in [-0.1, -0.05) is 66.2 Å². The Balaban J connectivity index is 1.10. The highest BCUT2D eigenvalue weighted by molar-refractivity contribution is 6.02. The first-order valence-electron chi connectivity index (χ1n) is 23.4. The number of rotatable bonds is 29. The van der Waals surface area contributed by atoms with Crippen molar-refractivity contribution in [2.24, 2.45) is 0 Å². The SMILES string of the molecule is CCN(CC)CCCC(C)Nc1cc(C)nc2ccc(C(=O)NCCCCCCCCCCNC(=O)c3ccc4nc(C)cc(NC(C)CCCN(CC)CC)c4c3)cc12. The van der Waals surface area contributed by atoms with Crippen LogP contribution in [-0.2, 0) is 0 Å². The summed E-state index contributed by atoms with van der Waals surface area (Å²) in [7, 11) is 0. The van der Waals surface area contributed by atoms with Crippen LogP contribution in [0.3, 0.4) is 0 Å². The molecule has 4 rings (SSSR count). The lowest BCUT2D eigenvalue weighted by molar-refractivity contribution is 0.0944. The fourth-order valence-corrected chi connectivity index (χ4v) is 8.15. The summed E-state index contributed by atoms with van der Waals surface area (Å²) in [5.74, 6) is -0.0570. The Morgan fingerprint density at radius 3 is 1.27 bits per heavy atom. The van der Waals surface area contributed by atoms with Crippen LogP contribution in [-0.4, -0.2) is 96.0 Å². The minimum atomic E-state index is -0.0285. The molecule has 4 N–H and O–H groups in total. The Hall–Kier alpha value is -4.28. The molecule has 60 heavy (non-hydrogen) atoms. The van der Waals surface area contributed by atoms with E-state index in [1.807, 2.05) is 50.2 Å². The van der Waals surface area contributed by atoms with E-state index in [-0.39, 0.29) is 11.8 Å². The Morgan fingerprint density at radius 2 is 0.900 bits per heavy atom. The van der Waals surface area contributed by atoms with Gasteiger partial charge in [0.2, 0.25) is 0 Å². The summed E-state index contributed by atoms with van der Waals surface area (Å²) in [4.78, 5) is 40.6. The minimum Gasteiger partial charge on any atom is -0.382 e. The molecular formula is C50H78N8O2. The van der Waals surface area contributed by atoms with Gasteiger partial charge in [0.1, 0.15) is 0 Å². The lowest BCUT2D eigenvalue weighted by atomic mass is 10.1. The van der Waals surface area contributed by atoms with E-state index < -0.39 is 0 Å². The van der Waals surface area contributed by atoms with E-state index in [1.165, 1.54) is 12.8 Å². The van der Waals surface area contributed by atoms with Gasteiger partial charge in [-0.2, -0.15) is 0 Å². The molecule has 10 heteroatoms. The van der Waals surface area contributed by atoms with Gasteiger partial charge in [-0.3, -0.25) is 19.6 Å². The second-order valence-electron chi connectivity index (χ2n) is 16.9. The Kier molecular flexibility index (Phi) is 21.1. The standard InChI is InChI=1S/C50H78N8O2/c1-9-57(10-2)31-21-23-37(5)53-47-33-39(7)55-45-27-25-41(35-43(45)47)49(59)51-29-19-17-15-13-14-16-18-20-30-52-50(60)42-26-28-46-44(36-42)48(34-40(8)56-46)54-38(6)24-22-32-58(11-3)12-4/h25-28,33-38H,9-24,29-32H2,1-8H3,(H,51,59)(H,52,60)(H,53,55)(H,54,56). The molecule has 2 heterocycles. The van der Waals surface area contributed by atoms with E-state index in [9.17, 15) is 9.59 Å². The largest absolute Gasteiger partial charge is 0.382 e.